The standard InChI is InChI=1S/C24H22ClF3N4O4S/c1-23(22(33)34)12-5-13-32(14-23)19-8-4-9-20(30-19)37(35,36)31-18-11-10-16(24(26,27)28)21(29-18)15-6-2-3-7-17(15)25/h2-4,6-11H,5,12-14H2,1H3,(H,29,31)(H,33,34)/t23-/m1/s1. The Labute approximate surface area is 216 Å². The summed E-state index contributed by atoms with van der Waals surface area (Å²) in [6, 6.07) is 11.7. The number of piperidine rings is 1. The van der Waals surface area contributed by atoms with Gasteiger partial charge in [0.15, 0.2) is 5.03 Å². The number of carboxylic acids is 1. The molecule has 2 aromatic heterocycles. The number of carbonyl (C=O) groups is 1. The molecule has 1 saturated heterocycles. The molecule has 0 aliphatic carbocycles. The van der Waals surface area contributed by atoms with Gasteiger partial charge in [0.05, 0.1) is 16.7 Å². The Morgan fingerprint density at radius 3 is 2.51 bits per heavy atom. The van der Waals surface area contributed by atoms with Crippen molar-refractivity contribution in [2.75, 3.05) is 22.7 Å². The largest absolute Gasteiger partial charge is 0.481 e. The zero-order valence-corrected chi connectivity index (χ0v) is 21.0. The fourth-order valence-corrected chi connectivity index (χ4v) is 5.32. The van der Waals surface area contributed by atoms with Crippen molar-refractivity contribution in [1.82, 2.24) is 9.97 Å². The molecule has 0 saturated carbocycles. The molecule has 3 aromatic rings. The number of sulfonamides is 1. The minimum Gasteiger partial charge on any atom is -0.481 e. The summed E-state index contributed by atoms with van der Waals surface area (Å²) < 4.78 is 69.3. The zero-order valence-electron chi connectivity index (χ0n) is 19.5. The van der Waals surface area contributed by atoms with E-state index in [4.69, 9.17) is 11.6 Å². The van der Waals surface area contributed by atoms with Gasteiger partial charge in [0, 0.05) is 23.7 Å². The highest BCUT2D eigenvalue weighted by Crippen LogP contribution is 2.39. The number of nitrogens with zero attached hydrogens (tertiary/aromatic N) is 3. The number of alkyl halides is 3. The highest BCUT2D eigenvalue weighted by molar-refractivity contribution is 7.92. The van der Waals surface area contributed by atoms with Crippen molar-refractivity contribution >= 4 is 39.2 Å². The number of halogens is 4. The lowest BCUT2D eigenvalue weighted by molar-refractivity contribution is -0.148. The van der Waals surface area contributed by atoms with E-state index in [0.29, 0.717) is 19.4 Å². The molecule has 1 aliphatic heterocycles. The van der Waals surface area contributed by atoms with E-state index in [1.807, 2.05) is 0 Å². The summed E-state index contributed by atoms with van der Waals surface area (Å²) in [5.74, 6) is -1.04. The van der Waals surface area contributed by atoms with Crippen LogP contribution in [0, 0.1) is 5.41 Å². The molecule has 3 heterocycles. The highest BCUT2D eigenvalue weighted by Gasteiger charge is 2.39. The maximum Gasteiger partial charge on any atom is 0.418 e. The summed E-state index contributed by atoms with van der Waals surface area (Å²) in [6.45, 7) is 2.26. The Hall–Kier alpha value is -3.38. The number of hydrogen-bond acceptors (Lipinski definition) is 6. The van der Waals surface area contributed by atoms with Crippen LogP contribution < -0.4 is 9.62 Å². The number of nitrogens with one attached hydrogen (secondary N) is 1. The molecule has 13 heteroatoms. The van der Waals surface area contributed by atoms with E-state index in [1.165, 1.54) is 30.3 Å². The van der Waals surface area contributed by atoms with Crippen molar-refractivity contribution in [3.63, 3.8) is 0 Å². The predicted octanol–water partition coefficient (Wildman–Crippen LogP) is 5.31. The van der Waals surface area contributed by atoms with Crippen LogP contribution in [0.3, 0.4) is 0 Å². The second kappa shape index (κ2) is 9.82. The molecular weight excluding hydrogens is 533 g/mol. The van der Waals surface area contributed by atoms with E-state index >= 15 is 0 Å². The first-order chi connectivity index (χ1) is 17.3. The summed E-state index contributed by atoms with van der Waals surface area (Å²) in [5, 5.41) is 9.19. The van der Waals surface area contributed by atoms with Gasteiger partial charge in [0.1, 0.15) is 11.6 Å². The Morgan fingerprint density at radius 2 is 1.84 bits per heavy atom. The van der Waals surface area contributed by atoms with E-state index in [1.54, 1.807) is 24.0 Å². The van der Waals surface area contributed by atoms with Gasteiger partial charge in [-0.1, -0.05) is 35.9 Å². The fraction of sp³-hybridized carbons (Fsp3) is 0.292. The van der Waals surface area contributed by atoms with Gasteiger partial charge in [-0.25, -0.2) is 9.97 Å². The molecule has 1 aliphatic rings. The van der Waals surface area contributed by atoms with Gasteiger partial charge in [0.2, 0.25) is 0 Å². The van der Waals surface area contributed by atoms with Gasteiger partial charge < -0.3 is 10.0 Å². The van der Waals surface area contributed by atoms with Crippen molar-refractivity contribution in [2.24, 2.45) is 5.41 Å². The van der Waals surface area contributed by atoms with Crippen molar-refractivity contribution in [1.29, 1.82) is 0 Å². The smallest absolute Gasteiger partial charge is 0.418 e. The van der Waals surface area contributed by atoms with Gasteiger partial charge >= 0.3 is 12.1 Å². The Kier molecular flexibility index (Phi) is 7.08. The second-order valence-electron chi connectivity index (χ2n) is 8.90. The molecule has 0 bridgehead atoms. The number of benzene rings is 1. The molecule has 8 nitrogen and oxygen atoms in total. The van der Waals surface area contributed by atoms with E-state index < -0.39 is 43.9 Å². The maximum atomic E-state index is 13.7. The van der Waals surface area contributed by atoms with Crippen LogP contribution in [0.1, 0.15) is 25.3 Å². The van der Waals surface area contributed by atoms with Crippen LogP contribution in [0.5, 0.6) is 0 Å². The molecule has 1 atom stereocenters. The Balaban J connectivity index is 1.67. The quantitative estimate of drug-likeness (QED) is 0.425. The summed E-state index contributed by atoms with van der Waals surface area (Å²) in [5.41, 5.74) is -2.62. The lowest BCUT2D eigenvalue weighted by atomic mass is 9.82. The normalized spacial score (nSPS) is 18.5. The maximum absolute atomic E-state index is 13.7. The van der Waals surface area contributed by atoms with Crippen LogP contribution in [-0.2, 0) is 21.0 Å². The minimum absolute atomic E-state index is 0.00996. The van der Waals surface area contributed by atoms with Crippen molar-refractivity contribution in [2.45, 2.75) is 31.0 Å². The molecule has 1 fully saturated rings. The summed E-state index contributed by atoms with van der Waals surface area (Å²) in [6.07, 6.45) is -3.70. The number of hydrogen-bond donors (Lipinski definition) is 2. The molecule has 0 spiro atoms. The van der Waals surface area contributed by atoms with Crippen molar-refractivity contribution in [3.8, 4) is 11.3 Å². The summed E-state index contributed by atoms with van der Waals surface area (Å²) >= 11 is 6.10. The average molecular weight is 555 g/mol. The van der Waals surface area contributed by atoms with Gasteiger partial charge in [-0.3, -0.25) is 9.52 Å². The van der Waals surface area contributed by atoms with E-state index in [0.717, 1.165) is 12.1 Å². The lowest BCUT2D eigenvalue weighted by Crippen LogP contribution is -2.46. The molecule has 37 heavy (non-hydrogen) atoms. The molecule has 1 aromatic carbocycles. The summed E-state index contributed by atoms with van der Waals surface area (Å²) in [7, 11) is -4.36. The Bertz CT molecular complexity index is 1450. The zero-order chi connectivity index (χ0) is 27.0. The van der Waals surface area contributed by atoms with E-state index in [2.05, 4.69) is 14.7 Å². The number of anilines is 2. The SMILES string of the molecule is C[C@@]1(C(=O)O)CCCN(c2cccc(S(=O)(=O)Nc3ccc(C(F)(F)F)c(-c4ccccc4Cl)n3)n2)C1. The Morgan fingerprint density at radius 1 is 1.11 bits per heavy atom. The third-order valence-electron chi connectivity index (χ3n) is 6.09. The monoisotopic (exact) mass is 554 g/mol. The van der Waals surface area contributed by atoms with Crippen molar-refractivity contribution < 1.29 is 31.5 Å². The fourth-order valence-electron chi connectivity index (χ4n) is 4.13. The van der Waals surface area contributed by atoms with Gasteiger partial charge in [-0.2, -0.15) is 21.6 Å². The van der Waals surface area contributed by atoms with Crippen LogP contribution in [0.4, 0.5) is 24.8 Å². The topological polar surface area (TPSA) is 112 Å². The number of aliphatic carboxylic acids is 1. The lowest BCUT2D eigenvalue weighted by Gasteiger charge is -2.38. The van der Waals surface area contributed by atoms with Crippen LogP contribution in [0.15, 0.2) is 59.6 Å². The van der Waals surface area contributed by atoms with Crippen LogP contribution in [0.25, 0.3) is 11.3 Å². The first kappa shape index (κ1) is 26.7. The van der Waals surface area contributed by atoms with Crippen LogP contribution >= 0.6 is 11.6 Å². The first-order valence-corrected chi connectivity index (χ1v) is 13.0. The van der Waals surface area contributed by atoms with Crippen LogP contribution in [0.2, 0.25) is 5.02 Å². The van der Waals surface area contributed by atoms with E-state index in [-0.39, 0.29) is 28.8 Å². The number of rotatable bonds is 6. The highest BCUT2D eigenvalue weighted by atomic mass is 35.5. The van der Waals surface area contributed by atoms with Crippen LogP contribution in [-0.4, -0.2) is 42.6 Å². The number of pyridine rings is 2. The number of aromatic nitrogens is 2. The number of carboxylic acid groups (broad SMARTS) is 1. The third kappa shape index (κ3) is 5.64. The average Bonchev–Trinajstić information content (AvgIpc) is 2.83. The van der Waals surface area contributed by atoms with Crippen molar-refractivity contribution in [3.05, 3.63) is 65.2 Å². The first-order valence-electron chi connectivity index (χ1n) is 11.1. The molecule has 0 unspecified atom stereocenters. The minimum atomic E-state index is -4.76. The predicted molar refractivity (Wildman–Crippen MR) is 132 cm³/mol. The molecule has 4 rings (SSSR count). The molecule has 2 N–H and O–H groups in total. The van der Waals surface area contributed by atoms with E-state index in [9.17, 15) is 31.5 Å². The van der Waals surface area contributed by atoms with Gasteiger partial charge in [-0.15, -0.1) is 0 Å². The molecule has 196 valence electrons. The second-order valence-corrected chi connectivity index (χ2v) is 10.9. The molecule has 0 amide bonds. The summed E-state index contributed by atoms with van der Waals surface area (Å²) in [4.78, 5) is 21.5. The molecular formula is C24H22ClF3N4O4S. The third-order valence-corrected chi connectivity index (χ3v) is 7.67. The van der Waals surface area contributed by atoms with Gasteiger partial charge in [0.25, 0.3) is 10.0 Å². The molecule has 0 radical (unpaired) electrons. The van der Waals surface area contributed by atoms with Gasteiger partial charge in [-0.05, 0) is 50.1 Å².